The van der Waals surface area contributed by atoms with Gasteiger partial charge in [-0.1, -0.05) is 66.2 Å². The van der Waals surface area contributed by atoms with Crippen molar-refractivity contribution in [2.45, 2.75) is 113 Å². The summed E-state index contributed by atoms with van der Waals surface area (Å²) in [5.74, 6) is 0.694. The maximum absolute atomic E-state index is 10.8. The standard InChI is InChI=1S/C16H33O3P.C8H20N/c1-5-9-11-15(7-3)13-16(8-4,12-10-6-2)14-19-20(17)18;1-5-9(6-2,7-3)8-4/h15H,5-14H2,1-4H3;5-8H2,1-4H3/q;+1. The molecule has 0 bridgehead atoms. The van der Waals surface area contributed by atoms with Gasteiger partial charge in [0.05, 0.1) is 26.2 Å². The minimum absolute atomic E-state index is 0.0415. The maximum atomic E-state index is 10.8. The highest BCUT2D eigenvalue weighted by molar-refractivity contribution is 7.30. The number of nitrogens with zero attached hydrogens (tertiary/aromatic N) is 1. The van der Waals surface area contributed by atoms with Crippen LogP contribution in [0.3, 0.4) is 0 Å². The molecule has 0 aliphatic heterocycles. The fraction of sp³-hybridized carbons (Fsp3) is 1.00. The molecule has 5 heteroatoms. The first kappa shape index (κ1) is 31.2. The lowest BCUT2D eigenvalue weighted by atomic mass is 9.72. The molecule has 0 rings (SSSR count). The molecule has 0 amide bonds. The topological polar surface area (TPSA) is 49.4 Å². The van der Waals surface area contributed by atoms with Gasteiger partial charge in [0.15, 0.2) is 0 Å². The molecule has 0 N–H and O–H groups in total. The van der Waals surface area contributed by atoms with E-state index in [9.17, 15) is 9.46 Å². The lowest BCUT2D eigenvalue weighted by Gasteiger charge is -2.34. The molecule has 3 atom stereocenters. The zero-order valence-corrected chi connectivity index (χ0v) is 22.0. The first-order valence-corrected chi connectivity index (χ1v) is 13.5. The van der Waals surface area contributed by atoms with Crippen molar-refractivity contribution in [2.24, 2.45) is 11.3 Å². The second-order valence-corrected chi connectivity index (χ2v) is 9.39. The summed E-state index contributed by atoms with van der Waals surface area (Å²) in [5.41, 5.74) is 0.0415. The van der Waals surface area contributed by atoms with Gasteiger partial charge in [-0.2, -0.15) is 0 Å². The van der Waals surface area contributed by atoms with Crippen LogP contribution in [0.25, 0.3) is 0 Å². The van der Waals surface area contributed by atoms with Crippen LogP contribution in [-0.2, 0) is 9.09 Å². The third-order valence-corrected chi connectivity index (χ3v) is 7.57. The van der Waals surface area contributed by atoms with Gasteiger partial charge in [0.2, 0.25) is 0 Å². The fourth-order valence-corrected chi connectivity index (χ4v) is 4.67. The quantitative estimate of drug-likeness (QED) is 0.181. The number of hydrogen-bond donors (Lipinski definition) is 0. The van der Waals surface area contributed by atoms with Gasteiger partial charge in [-0.25, -0.2) is 0 Å². The van der Waals surface area contributed by atoms with Crippen LogP contribution in [0.1, 0.15) is 113 Å². The van der Waals surface area contributed by atoms with Crippen molar-refractivity contribution in [2.75, 3.05) is 32.8 Å². The van der Waals surface area contributed by atoms with Gasteiger partial charge < -0.3 is 9.38 Å². The van der Waals surface area contributed by atoms with E-state index in [4.69, 9.17) is 4.52 Å². The molecule has 3 unspecified atom stereocenters. The second kappa shape index (κ2) is 18.7. The Balaban J connectivity index is 0. The van der Waals surface area contributed by atoms with Crippen molar-refractivity contribution in [1.82, 2.24) is 0 Å². The molecule has 29 heavy (non-hydrogen) atoms. The van der Waals surface area contributed by atoms with E-state index >= 15 is 0 Å². The number of unbranched alkanes of at least 4 members (excludes halogenated alkanes) is 2. The van der Waals surface area contributed by atoms with Crippen molar-refractivity contribution < 1.29 is 18.5 Å². The highest BCUT2D eigenvalue weighted by Crippen LogP contribution is 2.40. The summed E-state index contributed by atoms with van der Waals surface area (Å²) in [5, 5.41) is 0. The van der Waals surface area contributed by atoms with Crippen LogP contribution in [0.2, 0.25) is 0 Å². The maximum Gasteiger partial charge on any atom is 0.488 e. The molecule has 4 nitrogen and oxygen atoms in total. The Morgan fingerprint density at radius 1 is 0.897 bits per heavy atom. The van der Waals surface area contributed by atoms with Gasteiger partial charge in [0.25, 0.3) is 0 Å². The fourth-order valence-electron chi connectivity index (χ4n) is 4.30. The van der Waals surface area contributed by atoms with Crippen molar-refractivity contribution in [3.8, 4) is 0 Å². The zero-order chi connectivity index (χ0) is 22.8. The summed E-state index contributed by atoms with van der Waals surface area (Å²) in [6.45, 7) is 23.4. The largest absolute Gasteiger partial charge is 0.566 e. The molecule has 0 fully saturated rings. The van der Waals surface area contributed by atoms with Crippen LogP contribution in [0, 0.1) is 11.3 Å². The lowest BCUT2D eigenvalue weighted by molar-refractivity contribution is -0.921. The van der Waals surface area contributed by atoms with E-state index in [-0.39, 0.29) is 5.41 Å². The zero-order valence-electron chi connectivity index (χ0n) is 21.1. The number of rotatable bonds is 17. The number of quaternary nitrogens is 1. The van der Waals surface area contributed by atoms with Gasteiger partial charge in [0.1, 0.15) is 6.61 Å². The van der Waals surface area contributed by atoms with E-state index in [0.29, 0.717) is 12.5 Å². The highest BCUT2D eigenvalue weighted by Gasteiger charge is 2.32. The molecule has 0 aliphatic carbocycles. The predicted octanol–water partition coefficient (Wildman–Crippen LogP) is 7.10. The Labute approximate surface area is 184 Å². The second-order valence-electron chi connectivity index (χ2n) is 8.68. The van der Waals surface area contributed by atoms with Crippen LogP contribution >= 0.6 is 8.25 Å². The summed E-state index contributed by atoms with van der Waals surface area (Å²) in [6.07, 6.45) is 10.4. The van der Waals surface area contributed by atoms with Gasteiger partial charge in [-0.05, 0) is 62.9 Å². The Bertz CT molecular complexity index is 371. The third kappa shape index (κ3) is 13.8. The smallest absolute Gasteiger partial charge is 0.488 e. The van der Waals surface area contributed by atoms with Crippen LogP contribution in [0.15, 0.2) is 0 Å². The minimum atomic E-state index is -2.73. The molecule has 0 saturated carbocycles. The van der Waals surface area contributed by atoms with E-state index in [0.717, 1.165) is 32.1 Å². The van der Waals surface area contributed by atoms with Gasteiger partial charge in [-0.15, -0.1) is 4.52 Å². The molecule has 0 radical (unpaired) electrons. The summed E-state index contributed by atoms with van der Waals surface area (Å²) < 4.78 is 17.1. The Morgan fingerprint density at radius 3 is 1.72 bits per heavy atom. The molecule has 0 saturated heterocycles. The SMILES string of the molecule is CCCCC(CC)CC(CC)(CCCC)CO[P+](=O)[O-].CC[N+](CC)(CC)CC. The monoisotopic (exact) mass is 434 g/mol. The van der Waals surface area contributed by atoms with Gasteiger partial charge in [0, 0.05) is 0 Å². The Kier molecular flexibility index (Phi) is 20.1. The average Bonchev–Trinajstić information content (AvgIpc) is 2.75. The van der Waals surface area contributed by atoms with E-state index < -0.39 is 8.25 Å². The van der Waals surface area contributed by atoms with Crippen molar-refractivity contribution >= 4 is 8.25 Å². The summed E-state index contributed by atoms with van der Waals surface area (Å²) >= 11 is 0. The van der Waals surface area contributed by atoms with Crippen LogP contribution in [-0.4, -0.2) is 37.3 Å². The Hall–Kier alpha value is -0.0200. The van der Waals surface area contributed by atoms with Crippen molar-refractivity contribution in [3.05, 3.63) is 0 Å². The normalized spacial score (nSPS) is 15.3. The van der Waals surface area contributed by atoms with E-state index in [1.165, 1.54) is 56.3 Å². The van der Waals surface area contributed by atoms with Crippen molar-refractivity contribution in [3.63, 3.8) is 0 Å². The van der Waals surface area contributed by atoms with Gasteiger partial charge >= 0.3 is 8.25 Å². The molecule has 0 aromatic rings. The summed E-state index contributed by atoms with van der Waals surface area (Å²) in [7, 11) is -2.73. The predicted molar refractivity (Wildman–Crippen MR) is 126 cm³/mol. The average molecular weight is 435 g/mol. The molecule has 0 aromatic carbocycles. The molecule has 0 aromatic heterocycles. The third-order valence-electron chi connectivity index (χ3n) is 7.24. The van der Waals surface area contributed by atoms with E-state index in [2.05, 4.69) is 55.4 Å². The van der Waals surface area contributed by atoms with E-state index in [1.54, 1.807) is 0 Å². The summed E-state index contributed by atoms with van der Waals surface area (Å²) in [6, 6.07) is 0. The van der Waals surface area contributed by atoms with Crippen molar-refractivity contribution in [1.29, 1.82) is 0 Å². The molecule has 0 heterocycles. The molecular formula is C24H53NO3P+. The Morgan fingerprint density at radius 2 is 1.41 bits per heavy atom. The first-order chi connectivity index (χ1) is 13.8. The van der Waals surface area contributed by atoms with Crippen LogP contribution < -0.4 is 4.89 Å². The minimum Gasteiger partial charge on any atom is -0.566 e. The molecule has 176 valence electrons. The summed E-state index contributed by atoms with van der Waals surface area (Å²) in [4.78, 5) is 10.8. The van der Waals surface area contributed by atoms with E-state index in [1.807, 2.05) is 0 Å². The van der Waals surface area contributed by atoms with Crippen LogP contribution in [0.5, 0.6) is 0 Å². The molecule has 0 aliphatic rings. The highest BCUT2D eigenvalue weighted by atomic mass is 31.1. The number of hydrogen-bond acceptors (Lipinski definition) is 3. The van der Waals surface area contributed by atoms with Gasteiger partial charge in [-0.3, -0.25) is 0 Å². The molecule has 0 spiro atoms. The molecular weight excluding hydrogens is 381 g/mol. The lowest BCUT2D eigenvalue weighted by Crippen LogP contribution is -2.47. The van der Waals surface area contributed by atoms with Crippen LogP contribution in [0.4, 0.5) is 0 Å². The first-order valence-electron chi connectivity index (χ1n) is 12.4.